The summed E-state index contributed by atoms with van der Waals surface area (Å²) < 4.78 is 75.8. The highest BCUT2D eigenvalue weighted by molar-refractivity contribution is 5.48. The summed E-state index contributed by atoms with van der Waals surface area (Å²) in [6, 6.07) is 3.45. The van der Waals surface area contributed by atoms with Gasteiger partial charge in [-0.2, -0.15) is 26.3 Å². The average Bonchev–Trinajstić information content (AvgIpc) is 2.34. The molecular weight excluding hydrogens is 288 g/mol. The fraction of sp³-hybridized carbons (Fsp3) is 0.500. The van der Waals surface area contributed by atoms with Crippen LogP contribution in [0, 0.1) is 0 Å². The topological polar surface area (TPSA) is 23.5 Å². The number of anilines is 1. The number of halogens is 6. The van der Waals surface area contributed by atoms with E-state index in [1.54, 1.807) is 18.9 Å². The lowest BCUT2D eigenvalue weighted by molar-refractivity contribution is -0.376. The van der Waals surface area contributed by atoms with Crippen LogP contribution in [0.15, 0.2) is 24.3 Å². The van der Waals surface area contributed by atoms with Crippen LogP contribution in [-0.2, 0) is 5.60 Å². The van der Waals surface area contributed by atoms with Gasteiger partial charge in [0.15, 0.2) is 0 Å². The van der Waals surface area contributed by atoms with E-state index in [2.05, 4.69) is 0 Å². The second-order valence-corrected chi connectivity index (χ2v) is 4.27. The van der Waals surface area contributed by atoms with Crippen molar-refractivity contribution in [2.24, 2.45) is 0 Å². The van der Waals surface area contributed by atoms with Crippen LogP contribution in [0.3, 0.4) is 0 Å². The molecule has 1 N–H and O–H groups in total. The van der Waals surface area contributed by atoms with Crippen LogP contribution in [0.4, 0.5) is 32.0 Å². The van der Waals surface area contributed by atoms with Crippen molar-refractivity contribution >= 4 is 5.69 Å². The normalized spacial score (nSPS) is 13.4. The summed E-state index contributed by atoms with van der Waals surface area (Å²) in [5.74, 6) is 0. The van der Waals surface area contributed by atoms with Gasteiger partial charge in [0.05, 0.1) is 0 Å². The van der Waals surface area contributed by atoms with Gasteiger partial charge in [0.25, 0.3) is 5.60 Å². The van der Waals surface area contributed by atoms with Gasteiger partial charge in [-0.25, -0.2) is 0 Å². The molecule has 0 heterocycles. The molecule has 0 atom stereocenters. The van der Waals surface area contributed by atoms with E-state index in [1.165, 1.54) is 0 Å². The molecule has 0 unspecified atom stereocenters. The van der Waals surface area contributed by atoms with Gasteiger partial charge >= 0.3 is 12.4 Å². The van der Waals surface area contributed by atoms with Crippen molar-refractivity contribution < 1.29 is 31.4 Å². The lowest BCUT2D eigenvalue weighted by Gasteiger charge is -2.33. The molecule has 2 nitrogen and oxygen atoms in total. The molecule has 1 aromatic carbocycles. The van der Waals surface area contributed by atoms with E-state index in [-0.39, 0.29) is 0 Å². The first-order chi connectivity index (χ1) is 8.95. The van der Waals surface area contributed by atoms with Gasteiger partial charge in [0, 0.05) is 24.8 Å². The molecule has 0 amide bonds. The van der Waals surface area contributed by atoms with Crippen molar-refractivity contribution in [3.63, 3.8) is 0 Å². The van der Waals surface area contributed by atoms with Crippen LogP contribution in [0.2, 0.25) is 0 Å². The maximum Gasteiger partial charge on any atom is 0.430 e. The highest BCUT2D eigenvalue weighted by Crippen LogP contribution is 2.50. The predicted molar refractivity (Wildman–Crippen MR) is 61.4 cm³/mol. The fourth-order valence-electron chi connectivity index (χ4n) is 1.63. The number of benzene rings is 1. The van der Waals surface area contributed by atoms with Crippen molar-refractivity contribution in [2.75, 3.05) is 18.5 Å². The summed E-state index contributed by atoms with van der Waals surface area (Å²) in [7, 11) is 1.63. The average molecular weight is 301 g/mol. The minimum atomic E-state index is -5.86. The summed E-state index contributed by atoms with van der Waals surface area (Å²) in [6.45, 7) is 2.30. The van der Waals surface area contributed by atoms with Gasteiger partial charge < -0.3 is 10.0 Å². The number of hydrogen-bond acceptors (Lipinski definition) is 2. The maximum absolute atomic E-state index is 12.6. The molecule has 0 spiro atoms. The van der Waals surface area contributed by atoms with Gasteiger partial charge in [0.2, 0.25) is 0 Å². The zero-order valence-electron chi connectivity index (χ0n) is 10.7. The maximum atomic E-state index is 12.6. The molecule has 0 saturated carbocycles. The van der Waals surface area contributed by atoms with Crippen molar-refractivity contribution in [1.82, 2.24) is 0 Å². The third-order valence-corrected chi connectivity index (χ3v) is 3.02. The van der Waals surface area contributed by atoms with Crippen LogP contribution in [0.5, 0.6) is 0 Å². The van der Waals surface area contributed by atoms with Crippen LogP contribution in [-0.4, -0.2) is 31.1 Å². The Labute approximate surface area is 111 Å². The van der Waals surface area contributed by atoms with Gasteiger partial charge in [0.1, 0.15) is 0 Å². The molecule has 114 valence electrons. The van der Waals surface area contributed by atoms with Gasteiger partial charge in [-0.15, -0.1) is 0 Å². The number of hydrogen-bond donors (Lipinski definition) is 1. The smallest absolute Gasteiger partial charge is 0.375 e. The molecule has 8 heteroatoms. The SMILES string of the molecule is CCN(C)c1ccc(C(O)(C(F)(F)F)C(F)(F)F)cc1. The van der Waals surface area contributed by atoms with Crippen molar-refractivity contribution in [1.29, 1.82) is 0 Å². The van der Waals surface area contributed by atoms with Crippen molar-refractivity contribution in [2.45, 2.75) is 24.9 Å². The number of nitrogens with zero attached hydrogens (tertiary/aromatic N) is 1. The first kappa shape index (κ1) is 16.6. The lowest BCUT2D eigenvalue weighted by atomic mass is 9.92. The molecule has 1 rings (SSSR count). The molecule has 0 saturated heterocycles. The Kier molecular flexibility index (Phi) is 4.28. The molecule has 0 radical (unpaired) electrons. The summed E-state index contributed by atoms with van der Waals surface area (Å²) >= 11 is 0. The monoisotopic (exact) mass is 301 g/mol. The predicted octanol–water partition coefficient (Wildman–Crippen LogP) is 3.45. The highest BCUT2D eigenvalue weighted by atomic mass is 19.4. The highest BCUT2D eigenvalue weighted by Gasteiger charge is 2.71. The Bertz CT molecular complexity index is 437. The zero-order chi connectivity index (χ0) is 15.8. The van der Waals surface area contributed by atoms with E-state index in [4.69, 9.17) is 0 Å². The Morgan fingerprint density at radius 3 is 1.65 bits per heavy atom. The number of rotatable bonds is 3. The van der Waals surface area contributed by atoms with Crippen LogP contribution < -0.4 is 4.90 Å². The molecule has 0 aliphatic carbocycles. The number of alkyl halides is 6. The molecule has 0 aromatic heterocycles. The molecule has 0 aliphatic heterocycles. The van der Waals surface area contributed by atoms with Crippen molar-refractivity contribution in [3.8, 4) is 0 Å². The van der Waals surface area contributed by atoms with Crippen molar-refractivity contribution in [3.05, 3.63) is 29.8 Å². The van der Waals surface area contributed by atoms with E-state index < -0.39 is 23.5 Å². The summed E-state index contributed by atoms with van der Waals surface area (Å²) in [6.07, 6.45) is -11.7. The Hall–Kier alpha value is -1.44. The first-order valence-corrected chi connectivity index (χ1v) is 5.62. The Morgan fingerprint density at radius 1 is 0.950 bits per heavy atom. The van der Waals surface area contributed by atoms with Crippen LogP contribution in [0.1, 0.15) is 12.5 Å². The molecule has 20 heavy (non-hydrogen) atoms. The van der Waals surface area contributed by atoms with E-state index in [9.17, 15) is 31.4 Å². The van der Waals surface area contributed by atoms with Crippen LogP contribution >= 0.6 is 0 Å². The van der Waals surface area contributed by atoms with E-state index in [0.717, 1.165) is 12.1 Å². The third kappa shape index (κ3) is 2.70. The fourth-order valence-corrected chi connectivity index (χ4v) is 1.63. The third-order valence-electron chi connectivity index (χ3n) is 3.02. The quantitative estimate of drug-likeness (QED) is 0.864. The minimum absolute atomic E-state index is 0.447. The Balaban J connectivity index is 3.31. The first-order valence-electron chi connectivity index (χ1n) is 5.62. The zero-order valence-corrected chi connectivity index (χ0v) is 10.7. The lowest BCUT2D eigenvalue weighted by Crippen LogP contribution is -2.53. The second kappa shape index (κ2) is 5.16. The summed E-state index contributed by atoms with van der Waals surface area (Å²) in [5, 5.41) is 9.18. The second-order valence-electron chi connectivity index (χ2n) is 4.27. The van der Waals surface area contributed by atoms with Gasteiger partial charge in [-0.05, 0) is 19.1 Å². The Morgan fingerprint density at radius 2 is 1.35 bits per heavy atom. The molecule has 0 fully saturated rings. The van der Waals surface area contributed by atoms with Gasteiger partial charge in [-0.3, -0.25) is 0 Å². The summed E-state index contributed by atoms with van der Waals surface area (Å²) in [5.41, 5.74) is -5.68. The standard InChI is InChI=1S/C12H13F6NO/c1-3-19(2)9-6-4-8(5-7-9)10(20,11(13,14)15)12(16,17)18/h4-7,20H,3H2,1-2H3. The van der Waals surface area contributed by atoms with Gasteiger partial charge in [-0.1, -0.05) is 12.1 Å². The molecule has 1 aromatic rings. The number of aliphatic hydroxyl groups is 1. The molecular formula is C12H13F6NO. The largest absolute Gasteiger partial charge is 0.430 e. The minimum Gasteiger partial charge on any atom is -0.375 e. The molecule has 0 bridgehead atoms. The van der Waals surface area contributed by atoms with E-state index in [1.807, 2.05) is 0 Å². The van der Waals surface area contributed by atoms with E-state index >= 15 is 0 Å². The molecule has 0 aliphatic rings. The van der Waals surface area contributed by atoms with Crippen LogP contribution in [0.25, 0.3) is 0 Å². The summed E-state index contributed by atoms with van der Waals surface area (Å²) in [4.78, 5) is 1.63. The van der Waals surface area contributed by atoms with E-state index in [0.29, 0.717) is 24.4 Å².